The molecule has 2 aromatic rings. The molecule has 1 amide bonds. The Morgan fingerprint density at radius 1 is 1.42 bits per heavy atom. The molecule has 1 saturated heterocycles. The third kappa shape index (κ3) is 3.57. The van der Waals surface area contributed by atoms with Crippen LogP contribution in [0.4, 0.5) is 5.82 Å². The molecule has 0 bridgehead atoms. The SMILES string of the molecule is Cn1cc(C(=O)NC2CCN(c3ncc(Br)cc3C#N)CC2)cn1. The zero-order valence-corrected chi connectivity index (χ0v) is 14.8. The Hall–Kier alpha value is -2.40. The molecular formula is C16H17BrN6O. The van der Waals surface area contributed by atoms with Crippen molar-refractivity contribution < 1.29 is 4.79 Å². The molecule has 1 aliphatic rings. The Kier molecular flexibility index (Phi) is 4.81. The van der Waals surface area contributed by atoms with E-state index in [9.17, 15) is 10.1 Å². The van der Waals surface area contributed by atoms with Gasteiger partial charge in [-0.1, -0.05) is 0 Å². The molecule has 1 fully saturated rings. The molecule has 0 aliphatic carbocycles. The fraction of sp³-hybridized carbons (Fsp3) is 0.375. The minimum atomic E-state index is -0.0963. The predicted molar refractivity (Wildman–Crippen MR) is 92.6 cm³/mol. The fourth-order valence-electron chi connectivity index (χ4n) is 2.81. The molecule has 0 unspecified atom stereocenters. The van der Waals surface area contributed by atoms with Gasteiger partial charge in [0.2, 0.25) is 0 Å². The first-order chi connectivity index (χ1) is 11.6. The monoisotopic (exact) mass is 388 g/mol. The van der Waals surface area contributed by atoms with E-state index in [1.54, 1.807) is 36.4 Å². The normalized spacial score (nSPS) is 15.1. The summed E-state index contributed by atoms with van der Waals surface area (Å²) in [5, 5.41) is 16.3. The number of carbonyl (C=O) groups is 1. The average molecular weight is 389 g/mol. The van der Waals surface area contributed by atoms with Crippen LogP contribution in [-0.2, 0) is 7.05 Å². The highest BCUT2D eigenvalue weighted by atomic mass is 79.9. The van der Waals surface area contributed by atoms with Crippen molar-refractivity contribution in [3.05, 3.63) is 40.3 Å². The van der Waals surface area contributed by atoms with E-state index in [4.69, 9.17) is 0 Å². The van der Waals surface area contributed by atoms with E-state index < -0.39 is 0 Å². The quantitative estimate of drug-likeness (QED) is 0.866. The predicted octanol–water partition coefficient (Wildman–Crippen LogP) is 1.85. The Morgan fingerprint density at radius 3 is 2.79 bits per heavy atom. The van der Waals surface area contributed by atoms with Gasteiger partial charge in [0.1, 0.15) is 11.9 Å². The molecule has 0 saturated carbocycles. The van der Waals surface area contributed by atoms with Crippen molar-refractivity contribution in [3.8, 4) is 6.07 Å². The Balaban J connectivity index is 1.60. The van der Waals surface area contributed by atoms with Gasteiger partial charge in [-0.15, -0.1) is 0 Å². The Bertz CT molecular complexity index is 788. The van der Waals surface area contributed by atoms with E-state index in [0.717, 1.165) is 30.4 Å². The molecule has 124 valence electrons. The zero-order chi connectivity index (χ0) is 17.1. The number of aromatic nitrogens is 3. The number of amides is 1. The van der Waals surface area contributed by atoms with Crippen LogP contribution in [-0.4, -0.2) is 39.8 Å². The highest BCUT2D eigenvalue weighted by molar-refractivity contribution is 9.10. The van der Waals surface area contributed by atoms with Gasteiger partial charge in [-0.25, -0.2) is 4.98 Å². The first-order valence-corrected chi connectivity index (χ1v) is 8.46. The number of hydrogen-bond donors (Lipinski definition) is 1. The van der Waals surface area contributed by atoms with E-state index in [0.29, 0.717) is 16.9 Å². The number of piperidine rings is 1. The third-order valence-corrected chi connectivity index (χ3v) is 4.48. The van der Waals surface area contributed by atoms with Crippen LogP contribution in [0.3, 0.4) is 0 Å². The van der Waals surface area contributed by atoms with Gasteiger partial charge in [-0.2, -0.15) is 10.4 Å². The molecule has 0 aromatic carbocycles. The molecule has 7 nitrogen and oxygen atoms in total. The van der Waals surface area contributed by atoms with Gasteiger partial charge in [0, 0.05) is 43.0 Å². The lowest BCUT2D eigenvalue weighted by Gasteiger charge is -2.33. The van der Waals surface area contributed by atoms with E-state index in [2.05, 4.69) is 42.3 Å². The molecule has 1 aliphatic heterocycles. The molecule has 24 heavy (non-hydrogen) atoms. The molecule has 0 radical (unpaired) electrons. The number of rotatable bonds is 3. The van der Waals surface area contributed by atoms with Crippen LogP contribution in [0.5, 0.6) is 0 Å². The molecule has 0 atom stereocenters. The van der Waals surface area contributed by atoms with Crippen LogP contribution in [0.15, 0.2) is 29.1 Å². The largest absolute Gasteiger partial charge is 0.355 e. The van der Waals surface area contributed by atoms with Crippen molar-refractivity contribution in [3.63, 3.8) is 0 Å². The second-order valence-electron chi connectivity index (χ2n) is 5.77. The number of anilines is 1. The number of nitrogens with one attached hydrogen (secondary N) is 1. The minimum absolute atomic E-state index is 0.0963. The highest BCUT2D eigenvalue weighted by Gasteiger charge is 2.24. The molecular weight excluding hydrogens is 372 g/mol. The number of nitriles is 1. The average Bonchev–Trinajstić information content (AvgIpc) is 3.02. The van der Waals surface area contributed by atoms with Gasteiger partial charge in [0.15, 0.2) is 0 Å². The van der Waals surface area contributed by atoms with Crippen LogP contribution in [0.1, 0.15) is 28.8 Å². The maximum absolute atomic E-state index is 12.2. The van der Waals surface area contributed by atoms with E-state index in [1.807, 2.05) is 0 Å². The lowest BCUT2D eigenvalue weighted by molar-refractivity contribution is 0.0931. The molecule has 3 heterocycles. The Labute approximate surface area is 148 Å². The first kappa shape index (κ1) is 16.5. The number of nitrogens with zero attached hydrogens (tertiary/aromatic N) is 5. The van der Waals surface area contributed by atoms with Crippen molar-refractivity contribution in [1.29, 1.82) is 5.26 Å². The second kappa shape index (κ2) is 7.01. The molecule has 8 heteroatoms. The topological polar surface area (TPSA) is 86.8 Å². The van der Waals surface area contributed by atoms with E-state index in [1.165, 1.54) is 0 Å². The number of halogens is 1. The summed E-state index contributed by atoms with van der Waals surface area (Å²) in [5.74, 6) is 0.610. The van der Waals surface area contributed by atoms with Gasteiger partial charge in [0.05, 0.1) is 17.3 Å². The number of aryl methyl sites for hydroxylation is 1. The van der Waals surface area contributed by atoms with Crippen molar-refractivity contribution in [1.82, 2.24) is 20.1 Å². The summed E-state index contributed by atoms with van der Waals surface area (Å²) in [6.45, 7) is 1.50. The summed E-state index contributed by atoms with van der Waals surface area (Å²) >= 11 is 3.34. The maximum Gasteiger partial charge on any atom is 0.254 e. The van der Waals surface area contributed by atoms with Gasteiger partial charge < -0.3 is 10.2 Å². The van der Waals surface area contributed by atoms with Gasteiger partial charge in [-0.3, -0.25) is 9.48 Å². The van der Waals surface area contributed by atoms with Crippen molar-refractivity contribution in [2.75, 3.05) is 18.0 Å². The lowest BCUT2D eigenvalue weighted by Crippen LogP contribution is -2.45. The third-order valence-electron chi connectivity index (χ3n) is 4.05. The molecule has 2 aromatic heterocycles. The zero-order valence-electron chi connectivity index (χ0n) is 13.2. The fourth-order valence-corrected chi connectivity index (χ4v) is 3.14. The summed E-state index contributed by atoms with van der Waals surface area (Å²) in [6, 6.07) is 4.08. The standard InChI is InChI=1S/C16H17BrN6O/c1-22-10-12(8-20-22)16(24)21-14-2-4-23(5-3-14)15-11(7-18)6-13(17)9-19-15/h6,8-10,14H,2-5H2,1H3,(H,21,24). The van der Waals surface area contributed by atoms with Crippen LogP contribution in [0, 0.1) is 11.3 Å². The van der Waals surface area contributed by atoms with Crippen LogP contribution in [0.2, 0.25) is 0 Å². The summed E-state index contributed by atoms with van der Waals surface area (Å²) in [6.07, 6.45) is 6.60. The van der Waals surface area contributed by atoms with Gasteiger partial charge in [-0.05, 0) is 34.8 Å². The second-order valence-corrected chi connectivity index (χ2v) is 6.69. The van der Waals surface area contributed by atoms with Crippen LogP contribution in [0.25, 0.3) is 0 Å². The van der Waals surface area contributed by atoms with E-state index in [-0.39, 0.29) is 11.9 Å². The molecule has 1 N–H and O–H groups in total. The Morgan fingerprint density at radius 2 is 2.17 bits per heavy atom. The van der Waals surface area contributed by atoms with Crippen LogP contribution >= 0.6 is 15.9 Å². The van der Waals surface area contributed by atoms with E-state index >= 15 is 0 Å². The summed E-state index contributed by atoms with van der Waals surface area (Å²) in [7, 11) is 1.78. The van der Waals surface area contributed by atoms with Gasteiger partial charge >= 0.3 is 0 Å². The maximum atomic E-state index is 12.2. The lowest BCUT2D eigenvalue weighted by atomic mass is 10.0. The smallest absolute Gasteiger partial charge is 0.254 e. The van der Waals surface area contributed by atoms with Crippen molar-refractivity contribution in [2.45, 2.75) is 18.9 Å². The summed E-state index contributed by atoms with van der Waals surface area (Å²) in [5.41, 5.74) is 1.13. The highest BCUT2D eigenvalue weighted by Crippen LogP contribution is 2.24. The van der Waals surface area contributed by atoms with Gasteiger partial charge in [0.25, 0.3) is 5.91 Å². The van der Waals surface area contributed by atoms with Crippen LogP contribution < -0.4 is 10.2 Å². The minimum Gasteiger partial charge on any atom is -0.355 e. The molecule has 0 spiro atoms. The summed E-state index contributed by atoms with van der Waals surface area (Å²) < 4.78 is 2.40. The van der Waals surface area contributed by atoms with Crippen molar-refractivity contribution >= 4 is 27.7 Å². The molecule has 3 rings (SSSR count). The number of carbonyl (C=O) groups excluding carboxylic acids is 1. The van der Waals surface area contributed by atoms with Crippen molar-refractivity contribution in [2.24, 2.45) is 7.05 Å². The number of hydrogen-bond acceptors (Lipinski definition) is 5. The number of pyridine rings is 1. The first-order valence-electron chi connectivity index (χ1n) is 7.67. The summed E-state index contributed by atoms with van der Waals surface area (Å²) in [4.78, 5) is 18.6.